The van der Waals surface area contributed by atoms with Gasteiger partial charge in [0.2, 0.25) is 5.91 Å². The first-order valence-corrected chi connectivity index (χ1v) is 8.30. The van der Waals surface area contributed by atoms with Crippen LogP contribution in [0, 0.1) is 5.92 Å². The Kier molecular flexibility index (Phi) is 4.41. The molecule has 0 radical (unpaired) electrons. The number of ether oxygens (including phenoxy) is 1. The van der Waals surface area contributed by atoms with Crippen molar-refractivity contribution in [1.82, 2.24) is 0 Å². The van der Waals surface area contributed by atoms with E-state index >= 15 is 0 Å². The minimum atomic E-state index is 0.135. The van der Waals surface area contributed by atoms with Crippen molar-refractivity contribution in [2.24, 2.45) is 5.92 Å². The molecule has 1 amide bonds. The second-order valence-corrected chi connectivity index (χ2v) is 6.66. The maximum absolute atomic E-state index is 11.6. The molecule has 1 saturated heterocycles. The SMILES string of the molecule is O=C1CCCc2cc(C(Br)C3CCOCC3)ccc2N1. The van der Waals surface area contributed by atoms with Gasteiger partial charge in [-0.15, -0.1) is 0 Å². The van der Waals surface area contributed by atoms with Crippen LogP contribution in [0.4, 0.5) is 5.69 Å². The fourth-order valence-corrected chi connectivity index (χ4v) is 3.86. The van der Waals surface area contributed by atoms with Gasteiger partial charge in [0, 0.05) is 30.1 Å². The fourth-order valence-electron chi connectivity index (χ4n) is 3.05. The molecule has 1 atom stereocenters. The highest BCUT2D eigenvalue weighted by Crippen LogP contribution is 2.38. The van der Waals surface area contributed by atoms with E-state index in [1.165, 1.54) is 11.1 Å². The molecule has 108 valence electrons. The van der Waals surface area contributed by atoms with E-state index in [4.69, 9.17) is 4.74 Å². The monoisotopic (exact) mass is 337 g/mol. The number of alkyl halides is 1. The number of halogens is 1. The third-order valence-corrected chi connectivity index (χ3v) is 5.53. The molecular weight excluding hydrogens is 318 g/mol. The molecule has 2 aliphatic heterocycles. The largest absolute Gasteiger partial charge is 0.381 e. The summed E-state index contributed by atoms with van der Waals surface area (Å²) in [5.41, 5.74) is 3.58. The molecule has 1 aromatic rings. The molecule has 1 N–H and O–H groups in total. The van der Waals surface area contributed by atoms with Crippen LogP contribution in [0.25, 0.3) is 0 Å². The number of anilines is 1. The number of carbonyl (C=O) groups is 1. The number of rotatable bonds is 2. The fraction of sp³-hybridized carbons (Fsp3) is 0.562. The lowest BCUT2D eigenvalue weighted by atomic mass is 9.91. The number of benzene rings is 1. The number of carbonyl (C=O) groups excluding carboxylic acids is 1. The lowest BCUT2D eigenvalue weighted by Crippen LogP contribution is -2.19. The molecule has 1 fully saturated rings. The molecule has 2 heterocycles. The van der Waals surface area contributed by atoms with Crippen LogP contribution in [0.3, 0.4) is 0 Å². The summed E-state index contributed by atoms with van der Waals surface area (Å²) in [5.74, 6) is 0.776. The number of fused-ring (bicyclic) bond motifs is 1. The molecule has 4 heteroatoms. The van der Waals surface area contributed by atoms with Gasteiger partial charge in [-0.25, -0.2) is 0 Å². The van der Waals surface area contributed by atoms with Crippen molar-refractivity contribution in [3.8, 4) is 0 Å². The Bertz CT molecular complexity index is 497. The number of nitrogens with one attached hydrogen (secondary N) is 1. The summed E-state index contributed by atoms with van der Waals surface area (Å²) in [6.45, 7) is 1.74. The van der Waals surface area contributed by atoms with Crippen molar-refractivity contribution in [1.29, 1.82) is 0 Å². The minimum absolute atomic E-state index is 0.135. The molecule has 20 heavy (non-hydrogen) atoms. The maximum Gasteiger partial charge on any atom is 0.224 e. The van der Waals surface area contributed by atoms with Crippen LogP contribution >= 0.6 is 15.9 Å². The van der Waals surface area contributed by atoms with Crippen molar-refractivity contribution < 1.29 is 9.53 Å². The molecule has 0 bridgehead atoms. The van der Waals surface area contributed by atoms with E-state index in [2.05, 4.69) is 39.4 Å². The summed E-state index contributed by atoms with van der Waals surface area (Å²) in [6.07, 6.45) is 4.77. The highest BCUT2D eigenvalue weighted by Gasteiger charge is 2.24. The average molecular weight is 338 g/mol. The Morgan fingerprint density at radius 2 is 2.05 bits per heavy atom. The van der Waals surface area contributed by atoms with Gasteiger partial charge >= 0.3 is 0 Å². The molecular formula is C16H20BrNO2. The Labute approximate surface area is 128 Å². The van der Waals surface area contributed by atoms with E-state index in [1.807, 2.05) is 0 Å². The summed E-state index contributed by atoms with van der Waals surface area (Å²) in [4.78, 5) is 12.0. The molecule has 1 unspecified atom stereocenters. The summed E-state index contributed by atoms with van der Waals surface area (Å²) >= 11 is 3.86. The van der Waals surface area contributed by atoms with Crippen molar-refractivity contribution in [3.63, 3.8) is 0 Å². The van der Waals surface area contributed by atoms with E-state index in [0.717, 1.165) is 44.6 Å². The topological polar surface area (TPSA) is 38.3 Å². The summed E-state index contributed by atoms with van der Waals surface area (Å²) < 4.78 is 5.44. The number of amides is 1. The third kappa shape index (κ3) is 3.07. The van der Waals surface area contributed by atoms with Gasteiger partial charge in [0.15, 0.2) is 0 Å². The zero-order chi connectivity index (χ0) is 13.9. The predicted octanol–water partition coefficient (Wildman–Crippen LogP) is 3.82. The van der Waals surface area contributed by atoms with Crippen LogP contribution in [-0.4, -0.2) is 19.1 Å². The molecule has 1 aromatic carbocycles. The van der Waals surface area contributed by atoms with E-state index in [9.17, 15) is 4.79 Å². The van der Waals surface area contributed by atoms with Crippen LogP contribution in [0.1, 0.15) is 41.6 Å². The van der Waals surface area contributed by atoms with Gasteiger partial charge < -0.3 is 10.1 Å². The van der Waals surface area contributed by atoms with Crippen LogP contribution in [0.15, 0.2) is 18.2 Å². The summed E-state index contributed by atoms with van der Waals surface area (Å²) in [5, 5.41) is 2.99. The Morgan fingerprint density at radius 3 is 2.85 bits per heavy atom. The zero-order valence-electron chi connectivity index (χ0n) is 11.5. The molecule has 0 aromatic heterocycles. The number of hydrogen-bond acceptors (Lipinski definition) is 2. The van der Waals surface area contributed by atoms with Gasteiger partial charge in [-0.05, 0) is 48.8 Å². The number of hydrogen-bond donors (Lipinski definition) is 1. The van der Waals surface area contributed by atoms with Gasteiger partial charge in [0.25, 0.3) is 0 Å². The molecule has 0 aliphatic carbocycles. The highest BCUT2D eigenvalue weighted by atomic mass is 79.9. The Balaban J connectivity index is 1.80. The Hall–Kier alpha value is -0.870. The first kappa shape index (κ1) is 14.1. The standard InChI is InChI=1S/C16H20BrNO2/c17-16(11-6-8-20-9-7-11)13-4-5-14-12(10-13)2-1-3-15(19)18-14/h4-5,10-11,16H,1-3,6-9H2,(H,18,19). The average Bonchev–Trinajstić information content (AvgIpc) is 2.67. The van der Waals surface area contributed by atoms with Crippen molar-refractivity contribution >= 4 is 27.5 Å². The highest BCUT2D eigenvalue weighted by molar-refractivity contribution is 9.09. The smallest absolute Gasteiger partial charge is 0.224 e. The van der Waals surface area contributed by atoms with E-state index in [-0.39, 0.29) is 5.91 Å². The van der Waals surface area contributed by atoms with Gasteiger partial charge in [-0.3, -0.25) is 4.79 Å². The van der Waals surface area contributed by atoms with Crippen molar-refractivity contribution in [2.75, 3.05) is 18.5 Å². The lowest BCUT2D eigenvalue weighted by Gasteiger charge is -2.27. The van der Waals surface area contributed by atoms with Gasteiger partial charge in [0.1, 0.15) is 0 Å². The Morgan fingerprint density at radius 1 is 1.25 bits per heavy atom. The normalized spacial score (nSPS) is 21.8. The second-order valence-electron chi connectivity index (χ2n) is 5.67. The molecule has 0 spiro atoms. The van der Waals surface area contributed by atoms with Crippen LogP contribution in [0.5, 0.6) is 0 Å². The summed E-state index contributed by atoms with van der Waals surface area (Å²) in [7, 11) is 0. The minimum Gasteiger partial charge on any atom is -0.381 e. The van der Waals surface area contributed by atoms with Crippen LogP contribution in [-0.2, 0) is 16.0 Å². The lowest BCUT2D eigenvalue weighted by molar-refractivity contribution is -0.116. The first-order chi connectivity index (χ1) is 9.74. The quantitative estimate of drug-likeness (QED) is 0.833. The van der Waals surface area contributed by atoms with E-state index < -0.39 is 0 Å². The number of aryl methyl sites for hydroxylation is 1. The van der Waals surface area contributed by atoms with Gasteiger partial charge in [0.05, 0.1) is 0 Å². The molecule has 2 aliphatic rings. The predicted molar refractivity (Wildman–Crippen MR) is 83.2 cm³/mol. The van der Waals surface area contributed by atoms with E-state index in [0.29, 0.717) is 17.2 Å². The molecule has 0 saturated carbocycles. The first-order valence-electron chi connectivity index (χ1n) is 7.38. The molecule has 3 nitrogen and oxygen atoms in total. The maximum atomic E-state index is 11.6. The van der Waals surface area contributed by atoms with Crippen LogP contribution in [0.2, 0.25) is 0 Å². The summed E-state index contributed by atoms with van der Waals surface area (Å²) in [6, 6.07) is 6.45. The second kappa shape index (κ2) is 6.27. The zero-order valence-corrected chi connectivity index (χ0v) is 13.1. The van der Waals surface area contributed by atoms with Crippen LogP contribution < -0.4 is 5.32 Å². The van der Waals surface area contributed by atoms with Crippen molar-refractivity contribution in [3.05, 3.63) is 29.3 Å². The molecule has 3 rings (SSSR count). The van der Waals surface area contributed by atoms with Crippen molar-refractivity contribution in [2.45, 2.75) is 36.9 Å². The van der Waals surface area contributed by atoms with E-state index in [1.54, 1.807) is 0 Å². The third-order valence-electron chi connectivity index (χ3n) is 4.25. The van der Waals surface area contributed by atoms with Gasteiger partial charge in [-0.1, -0.05) is 28.1 Å². The van der Waals surface area contributed by atoms with Gasteiger partial charge in [-0.2, -0.15) is 0 Å².